The van der Waals surface area contributed by atoms with Crippen LogP contribution in [-0.2, 0) is 24.8 Å². The van der Waals surface area contributed by atoms with Gasteiger partial charge in [-0.2, -0.15) is 0 Å². The molecule has 0 saturated carbocycles. The highest BCUT2D eigenvalue weighted by Crippen LogP contribution is 2.42. The van der Waals surface area contributed by atoms with Crippen molar-refractivity contribution in [3.63, 3.8) is 0 Å². The second kappa shape index (κ2) is 13.8. The van der Waals surface area contributed by atoms with Crippen LogP contribution in [0.5, 0.6) is 5.75 Å². The molecule has 0 atom stereocenters. The zero-order valence-corrected chi connectivity index (χ0v) is 23.8. The Morgan fingerprint density at radius 3 is 2.50 bits per heavy atom. The van der Waals surface area contributed by atoms with Gasteiger partial charge in [0.15, 0.2) is 9.84 Å². The Labute approximate surface area is 218 Å². The third-order valence-electron chi connectivity index (χ3n) is 6.63. The number of esters is 1. The van der Waals surface area contributed by atoms with Gasteiger partial charge in [0.25, 0.3) is 0 Å². The summed E-state index contributed by atoms with van der Waals surface area (Å²) in [5.41, 5.74) is 3.28. The van der Waals surface area contributed by atoms with E-state index in [1.54, 1.807) is 13.0 Å². The molecule has 0 aromatic heterocycles. The summed E-state index contributed by atoms with van der Waals surface area (Å²) in [5.74, 6) is 0.429. The Bertz CT molecular complexity index is 1090. The molecule has 0 fully saturated rings. The Morgan fingerprint density at radius 1 is 1.08 bits per heavy atom. The van der Waals surface area contributed by atoms with E-state index in [9.17, 15) is 13.2 Å². The van der Waals surface area contributed by atoms with E-state index in [4.69, 9.17) is 9.47 Å². The molecule has 200 valence electrons. The molecule has 1 aliphatic rings. The molecule has 6 heteroatoms. The zero-order chi connectivity index (χ0) is 26.8. The first-order valence-corrected chi connectivity index (χ1v) is 14.9. The fraction of sp³-hybridized carbons (Fsp3) is 0.567. The first kappa shape index (κ1) is 29.9. The summed E-state index contributed by atoms with van der Waals surface area (Å²) in [6.07, 6.45) is 14.3. The highest BCUT2D eigenvalue weighted by atomic mass is 32.2. The first-order valence-electron chi connectivity index (χ1n) is 13.3. The second-order valence-corrected chi connectivity index (χ2v) is 12.3. The van der Waals surface area contributed by atoms with E-state index in [1.165, 1.54) is 25.3 Å². The largest absolute Gasteiger partial charge is 0.493 e. The lowest BCUT2D eigenvalue weighted by Crippen LogP contribution is -2.18. The monoisotopic (exact) mass is 516 g/mol. The van der Waals surface area contributed by atoms with Gasteiger partial charge in [0.2, 0.25) is 0 Å². The summed E-state index contributed by atoms with van der Waals surface area (Å²) in [6, 6.07) is 3.78. The fourth-order valence-corrected chi connectivity index (χ4v) is 6.16. The minimum atomic E-state index is -3.37. The second-order valence-electron chi connectivity index (χ2n) is 10.3. The maximum Gasteiger partial charge on any atom is 0.330 e. The lowest BCUT2D eigenvalue weighted by atomic mass is 9.79. The standard InChI is InChI=1S/C30H44O5S/c1-7-9-10-11-12-18-35-27-22-28-26(30(5,6)17-14-19-36(28,32)33)21-25(27)24(4)16-13-15-23(3)20-29(31)34-8-2/h13,15-16,20-22H,7-12,14,17-19H2,1-6H3. The van der Waals surface area contributed by atoms with E-state index in [0.29, 0.717) is 30.3 Å². The maximum absolute atomic E-state index is 13.1. The first-order chi connectivity index (χ1) is 17.0. The van der Waals surface area contributed by atoms with Gasteiger partial charge in [0, 0.05) is 11.6 Å². The molecular formula is C30H44O5S. The van der Waals surface area contributed by atoms with Crippen LogP contribution in [0.15, 0.2) is 46.9 Å². The molecule has 36 heavy (non-hydrogen) atoms. The predicted octanol–water partition coefficient (Wildman–Crippen LogP) is 7.35. The lowest BCUT2D eigenvalue weighted by molar-refractivity contribution is -0.137. The number of carbonyl (C=O) groups excluding carboxylic acids is 1. The summed E-state index contributed by atoms with van der Waals surface area (Å²) >= 11 is 0. The quantitative estimate of drug-likeness (QED) is 0.126. The topological polar surface area (TPSA) is 69.7 Å². The molecule has 0 radical (unpaired) electrons. The van der Waals surface area contributed by atoms with Gasteiger partial charge in [-0.1, -0.05) is 64.7 Å². The number of carbonyl (C=O) groups is 1. The molecule has 1 aromatic carbocycles. The molecule has 2 rings (SSSR count). The summed E-state index contributed by atoms with van der Waals surface area (Å²) in [4.78, 5) is 12.1. The average molecular weight is 517 g/mol. The summed E-state index contributed by atoms with van der Waals surface area (Å²) < 4.78 is 37.4. The van der Waals surface area contributed by atoms with Crippen molar-refractivity contribution >= 4 is 21.4 Å². The van der Waals surface area contributed by atoms with E-state index in [1.807, 2.05) is 38.1 Å². The van der Waals surface area contributed by atoms with Crippen LogP contribution >= 0.6 is 0 Å². The van der Waals surface area contributed by atoms with Crippen LogP contribution in [0.2, 0.25) is 0 Å². The highest BCUT2D eigenvalue weighted by Gasteiger charge is 2.34. The third-order valence-corrected chi connectivity index (χ3v) is 8.46. The molecule has 0 aliphatic carbocycles. The number of allylic oxidation sites excluding steroid dienone is 5. The molecule has 0 spiro atoms. The molecule has 0 N–H and O–H groups in total. The molecule has 0 saturated heterocycles. The van der Waals surface area contributed by atoms with Crippen molar-refractivity contribution < 1.29 is 22.7 Å². The van der Waals surface area contributed by atoms with Crippen LogP contribution in [0.3, 0.4) is 0 Å². The number of hydrogen-bond donors (Lipinski definition) is 0. The number of fused-ring (bicyclic) bond motifs is 1. The van der Waals surface area contributed by atoms with Crippen molar-refractivity contribution in [1.82, 2.24) is 0 Å². The molecule has 1 aliphatic heterocycles. The predicted molar refractivity (Wildman–Crippen MR) is 148 cm³/mol. The van der Waals surface area contributed by atoms with Crippen LogP contribution in [0.4, 0.5) is 0 Å². The Morgan fingerprint density at radius 2 is 1.81 bits per heavy atom. The SMILES string of the molecule is CCCCCCCOc1cc2c(cc1C(C)=CC=CC(C)=CC(=O)OCC)C(C)(C)CCCS2(=O)=O. The Kier molecular flexibility index (Phi) is 11.5. The highest BCUT2D eigenvalue weighted by molar-refractivity contribution is 7.91. The van der Waals surface area contributed by atoms with Crippen LogP contribution in [0.25, 0.3) is 5.57 Å². The number of ether oxygens (including phenoxy) is 2. The Balaban J connectivity index is 2.43. The van der Waals surface area contributed by atoms with Gasteiger partial charge >= 0.3 is 5.97 Å². The summed E-state index contributed by atoms with van der Waals surface area (Å²) in [7, 11) is -3.37. The van der Waals surface area contributed by atoms with Gasteiger partial charge in [0.1, 0.15) is 5.75 Å². The van der Waals surface area contributed by atoms with Crippen LogP contribution in [-0.4, -0.2) is 33.4 Å². The summed E-state index contributed by atoms with van der Waals surface area (Å²) in [6.45, 7) is 13.0. The van der Waals surface area contributed by atoms with Gasteiger partial charge in [-0.3, -0.25) is 0 Å². The molecule has 0 unspecified atom stereocenters. The lowest BCUT2D eigenvalue weighted by Gasteiger charge is -2.26. The van der Waals surface area contributed by atoms with Gasteiger partial charge in [0.05, 0.1) is 23.9 Å². The smallest absolute Gasteiger partial charge is 0.330 e. The molecular weight excluding hydrogens is 472 g/mol. The van der Waals surface area contributed by atoms with Crippen molar-refractivity contribution in [3.05, 3.63) is 53.1 Å². The normalized spacial score (nSPS) is 17.5. The van der Waals surface area contributed by atoms with Gasteiger partial charge in [-0.15, -0.1) is 0 Å². The third kappa shape index (κ3) is 8.65. The van der Waals surface area contributed by atoms with E-state index in [0.717, 1.165) is 41.5 Å². The number of rotatable bonds is 12. The molecule has 0 amide bonds. The number of unbranched alkanes of at least 4 members (excludes halogenated alkanes) is 4. The molecule has 0 bridgehead atoms. The van der Waals surface area contributed by atoms with Gasteiger partial charge < -0.3 is 9.47 Å². The van der Waals surface area contributed by atoms with Crippen molar-refractivity contribution in [2.24, 2.45) is 0 Å². The van der Waals surface area contributed by atoms with Gasteiger partial charge in [-0.05, 0) is 74.3 Å². The van der Waals surface area contributed by atoms with Crippen LogP contribution in [0.1, 0.15) is 97.6 Å². The number of hydrogen-bond acceptors (Lipinski definition) is 5. The average Bonchev–Trinajstić information content (AvgIpc) is 2.88. The Hall–Kier alpha value is -2.34. The van der Waals surface area contributed by atoms with E-state index < -0.39 is 9.84 Å². The minimum absolute atomic E-state index is 0.170. The molecule has 1 heterocycles. The van der Waals surface area contributed by atoms with Crippen molar-refractivity contribution in [3.8, 4) is 5.75 Å². The molecule has 1 aromatic rings. The van der Waals surface area contributed by atoms with Crippen molar-refractivity contribution in [2.75, 3.05) is 19.0 Å². The minimum Gasteiger partial charge on any atom is -0.493 e. The van der Waals surface area contributed by atoms with Crippen molar-refractivity contribution in [1.29, 1.82) is 0 Å². The van der Waals surface area contributed by atoms with E-state index >= 15 is 0 Å². The molecule has 5 nitrogen and oxygen atoms in total. The van der Waals surface area contributed by atoms with E-state index in [2.05, 4.69) is 20.8 Å². The number of sulfone groups is 1. The van der Waals surface area contributed by atoms with Gasteiger partial charge in [-0.25, -0.2) is 13.2 Å². The maximum atomic E-state index is 13.1. The van der Waals surface area contributed by atoms with Crippen LogP contribution < -0.4 is 4.74 Å². The number of benzene rings is 1. The summed E-state index contributed by atoms with van der Waals surface area (Å²) in [5, 5.41) is 0. The van der Waals surface area contributed by atoms with Crippen molar-refractivity contribution in [2.45, 2.75) is 96.8 Å². The zero-order valence-electron chi connectivity index (χ0n) is 23.0. The van der Waals surface area contributed by atoms with E-state index in [-0.39, 0.29) is 17.1 Å². The van der Waals surface area contributed by atoms with Crippen LogP contribution in [0, 0.1) is 0 Å². The fourth-order valence-electron chi connectivity index (χ4n) is 4.46.